The highest BCUT2D eigenvalue weighted by molar-refractivity contribution is 5.90. The van der Waals surface area contributed by atoms with Crippen molar-refractivity contribution in [1.82, 2.24) is 0 Å². The molecule has 0 spiro atoms. The Kier molecular flexibility index (Phi) is 7.99. The van der Waals surface area contributed by atoms with E-state index in [4.69, 9.17) is 5.11 Å². The predicted molar refractivity (Wildman–Crippen MR) is 94.9 cm³/mol. The fraction of sp³-hybridized carbons (Fsp3) is 0.350. The van der Waals surface area contributed by atoms with Crippen LogP contribution in [-0.4, -0.2) is 35.2 Å². The van der Waals surface area contributed by atoms with Gasteiger partial charge in [0.2, 0.25) is 0 Å². The molecule has 0 amide bonds. The number of carboxylic acid groups (broad SMARTS) is 1. The quantitative estimate of drug-likeness (QED) is 0.825. The van der Waals surface area contributed by atoms with E-state index < -0.39 is 11.7 Å². The van der Waals surface area contributed by atoms with Gasteiger partial charge in [-0.05, 0) is 26.8 Å². The summed E-state index contributed by atoms with van der Waals surface area (Å²) in [5.74, 6) is -1.62. The number of rotatable bonds is 6. The molecule has 130 valence electrons. The van der Waals surface area contributed by atoms with Crippen molar-refractivity contribution in [2.45, 2.75) is 27.3 Å². The van der Waals surface area contributed by atoms with Crippen molar-refractivity contribution in [3.05, 3.63) is 65.7 Å². The second-order valence-electron chi connectivity index (χ2n) is 5.74. The number of hydrogen-bond acceptors (Lipinski definition) is 2. The molecule has 4 nitrogen and oxygen atoms in total. The summed E-state index contributed by atoms with van der Waals surface area (Å²) in [6.45, 7) is 11.7. The number of quaternary nitrogens is 1. The van der Waals surface area contributed by atoms with Crippen molar-refractivity contribution in [1.29, 1.82) is 0 Å². The summed E-state index contributed by atoms with van der Waals surface area (Å²) in [5.41, 5.74) is 1.28. The van der Waals surface area contributed by atoms with Crippen molar-refractivity contribution >= 4 is 5.97 Å². The van der Waals surface area contributed by atoms with E-state index in [-0.39, 0.29) is 5.56 Å². The van der Waals surface area contributed by atoms with Gasteiger partial charge in [-0.3, -0.25) is 0 Å². The first-order valence-electron chi connectivity index (χ1n) is 8.36. The Morgan fingerprint density at radius 2 is 1.42 bits per heavy atom. The Morgan fingerprint density at radius 1 is 0.917 bits per heavy atom. The standard InChI is InChI=1S/C13H22N.C7H6O3/c1-4-14(5-2,6-3)12-13-10-8-7-9-11-13;8-6-4-2-1-3-5(6)7(9)10/h7-11H,4-6,12H2,1-3H3;1-4,8H,(H,9,10)/q+1;/p-1. The molecule has 0 aromatic heterocycles. The van der Waals surface area contributed by atoms with Gasteiger partial charge in [-0.1, -0.05) is 54.3 Å². The van der Waals surface area contributed by atoms with E-state index in [0.717, 1.165) is 0 Å². The SMILES string of the molecule is CC[N+](CC)(CC)Cc1ccccc1.O=C(O)c1ccccc1[O-]. The normalized spacial score (nSPS) is 10.6. The Labute approximate surface area is 144 Å². The zero-order chi connectivity index (χ0) is 18.0. The molecule has 0 bridgehead atoms. The molecule has 2 aromatic carbocycles. The number of benzene rings is 2. The smallest absolute Gasteiger partial charge is 0.335 e. The molecular weight excluding hydrogens is 302 g/mol. The van der Waals surface area contributed by atoms with Gasteiger partial charge in [0, 0.05) is 5.56 Å². The molecule has 0 atom stereocenters. The number of hydrogen-bond donors (Lipinski definition) is 1. The molecule has 0 aliphatic heterocycles. The summed E-state index contributed by atoms with van der Waals surface area (Å²) in [6.07, 6.45) is 0. The van der Waals surface area contributed by atoms with Gasteiger partial charge in [-0.25, -0.2) is 4.79 Å². The first-order valence-corrected chi connectivity index (χ1v) is 8.36. The molecule has 1 N–H and O–H groups in total. The predicted octanol–water partition coefficient (Wildman–Crippen LogP) is 3.52. The molecular formula is C20H27NO3. The summed E-state index contributed by atoms with van der Waals surface area (Å²) < 4.78 is 1.20. The van der Waals surface area contributed by atoms with Crippen LogP contribution >= 0.6 is 0 Å². The third-order valence-electron chi connectivity index (χ3n) is 4.49. The second kappa shape index (κ2) is 9.73. The van der Waals surface area contributed by atoms with Crippen LogP contribution in [0.25, 0.3) is 0 Å². The van der Waals surface area contributed by atoms with E-state index >= 15 is 0 Å². The Hall–Kier alpha value is -2.33. The topological polar surface area (TPSA) is 60.4 Å². The monoisotopic (exact) mass is 329 g/mol. The minimum atomic E-state index is -1.18. The van der Waals surface area contributed by atoms with Gasteiger partial charge in [-0.2, -0.15) is 0 Å². The largest absolute Gasteiger partial charge is 0.872 e. The molecule has 2 rings (SSSR count). The fourth-order valence-electron chi connectivity index (χ4n) is 2.62. The number of carboxylic acids is 1. The second-order valence-corrected chi connectivity index (χ2v) is 5.74. The summed E-state index contributed by atoms with van der Waals surface area (Å²) in [7, 11) is 0. The summed E-state index contributed by atoms with van der Waals surface area (Å²) in [5, 5.41) is 19.0. The van der Waals surface area contributed by atoms with Gasteiger partial charge < -0.3 is 14.7 Å². The first-order chi connectivity index (χ1) is 11.5. The lowest BCUT2D eigenvalue weighted by atomic mass is 10.2. The lowest BCUT2D eigenvalue weighted by Crippen LogP contribution is -2.46. The van der Waals surface area contributed by atoms with Gasteiger partial charge in [0.05, 0.1) is 25.2 Å². The van der Waals surface area contributed by atoms with E-state index in [1.807, 2.05) is 0 Å². The average Bonchev–Trinajstić information content (AvgIpc) is 2.61. The van der Waals surface area contributed by atoms with E-state index in [1.54, 1.807) is 0 Å². The van der Waals surface area contributed by atoms with Gasteiger partial charge in [0.25, 0.3) is 0 Å². The zero-order valence-electron chi connectivity index (χ0n) is 14.7. The number of nitrogens with zero attached hydrogens (tertiary/aromatic N) is 1. The van der Waals surface area contributed by atoms with Crippen LogP contribution in [0, 0.1) is 0 Å². The van der Waals surface area contributed by atoms with E-state index in [2.05, 4.69) is 51.1 Å². The molecule has 0 fully saturated rings. The Balaban J connectivity index is 0.000000254. The van der Waals surface area contributed by atoms with Crippen LogP contribution in [0.5, 0.6) is 5.75 Å². The summed E-state index contributed by atoms with van der Waals surface area (Å²) in [6, 6.07) is 16.3. The Morgan fingerprint density at radius 3 is 1.83 bits per heavy atom. The lowest BCUT2D eigenvalue weighted by Gasteiger charge is -2.35. The molecule has 0 radical (unpaired) electrons. The van der Waals surface area contributed by atoms with E-state index in [0.29, 0.717) is 0 Å². The molecule has 24 heavy (non-hydrogen) atoms. The zero-order valence-corrected chi connectivity index (χ0v) is 14.7. The summed E-state index contributed by atoms with van der Waals surface area (Å²) >= 11 is 0. The van der Waals surface area contributed by atoms with Crippen molar-refractivity contribution in [3.63, 3.8) is 0 Å². The maximum atomic E-state index is 10.7. The highest BCUT2D eigenvalue weighted by atomic mass is 16.4. The van der Waals surface area contributed by atoms with Crippen molar-refractivity contribution in [3.8, 4) is 5.75 Å². The van der Waals surface area contributed by atoms with Crippen LogP contribution < -0.4 is 5.11 Å². The van der Waals surface area contributed by atoms with Crippen molar-refractivity contribution < 1.29 is 19.5 Å². The first kappa shape index (κ1) is 19.7. The van der Waals surface area contributed by atoms with Gasteiger partial charge in [0.1, 0.15) is 6.54 Å². The summed E-state index contributed by atoms with van der Waals surface area (Å²) in [4.78, 5) is 10.2. The number of aromatic carboxylic acids is 1. The van der Waals surface area contributed by atoms with Crippen molar-refractivity contribution in [2.75, 3.05) is 19.6 Å². The van der Waals surface area contributed by atoms with Crippen LogP contribution in [0.15, 0.2) is 54.6 Å². The van der Waals surface area contributed by atoms with Gasteiger partial charge >= 0.3 is 5.97 Å². The minimum Gasteiger partial charge on any atom is -0.872 e. The van der Waals surface area contributed by atoms with Gasteiger partial charge in [0.15, 0.2) is 0 Å². The van der Waals surface area contributed by atoms with E-state index in [1.165, 1.54) is 60.5 Å². The average molecular weight is 329 g/mol. The maximum Gasteiger partial charge on any atom is 0.335 e. The molecule has 0 saturated carbocycles. The van der Waals surface area contributed by atoms with E-state index in [9.17, 15) is 9.90 Å². The molecule has 0 heterocycles. The molecule has 2 aromatic rings. The molecule has 0 unspecified atom stereocenters. The highest BCUT2D eigenvalue weighted by Gasteiger charge is 2.20. The molecule has 0 aliphatic carbocycles. The van der Waals surface area contributed by atoms with Gasteiger partial charge in [-0.15, -0.1) is 0 Å². The minimum absolute atomic E-state index is 0.178. The highest BCUT2D eigenvalue weighted by Crippen LogP contribution is 2.13. The van der Waals surface area contributed by atoms with Crippen LogP contribution in [-0.2, 0) is 6.54 Å². The number of para-hydroxylation sites is 1. The van der Waals surface area contributed by atoms with Crippen LogP contribution in [0.4, 0.5) is 0 Å². The molecule has 4 heteroatoms. The third-order valence-corrected chi connectivity index (χ3v) is 4.49. The fourth-order valence-corrected chi connectivity index (χ4v) is 2.62. The Bertz CT molecular complexity index is 614. The van der Waals surface area contributed by atoms with Crippen LogP contribution in [0.1, 0.15) is 36.7 Å². The molecule has 0 aliphatic rings. The lowest BCUT2D eigenvalue weighted by molar-refractivity contribution is -0.936. The third kappa shape index (κ3) is 5.70. The maximum absolute atomic E-state index is 10.7. The van der Waals surface area contributed by atoms with Crippen LogP contribution in [0.3, 0.4) is 0 Å². The van der Waals surface area contributed by atoms with Crippen LogP contribution in [0.2, 0.25) is 0 Å². The number of carbonyl (C=O) groups is 1. The molecule has 0 saturated heterocycles. The van der Waals surface area contributed by atoms with Crippen molar-refractivity contribution in [2.24, 2.45) is 0 Å².